The van der Waals surface area contributed by atoms with Gasteiger partial charge in [0.05, 0.1) is 12.9 Å². The van der Waals surface area contributed by atoms with E-state index >= 15 is 0 Å². The zero-order valence-corrected chi connectivity index (χ0v) is 12.9. The summed E-state index contributed by atoms with van der Waals surface area (Å²) >= 11 is 0. The number of phosphoric acid groups is 1. The highest BCUT2D eigenvalue weighted by Gasteiger charge is 2.52. The molecule has 11 nitrogen and oxygen atoms in total. The van der Waals surface area contributed by atoms with Crippen molar-refractivity contribution in [3.05, 3.63) is 25.0 Å². The topological polar surface area (TPSA) is 133 Å². The molecule has 2 fully saturated rings. The molecule has 5 heterocycles. The summed E-state index contributed by atoms with van der Waals surface area (Å²) in [5, 5.41) is 10.5. The fraction of sp³-hybridized carbons (Fsp3) is 0.417. The van der Waals surface area contributed by atoms with Gasteiger partial charge in [-0.3, -0.25) is 18.0 Å². The molecule has 0 aromatic carbocycles. The lowest BCUT2D eigenvalue weighted by molar-refractivity contribution is -0.0664. The van der Waals surface area contributed by atoms with Crippen molar-refractivity contribution in [3.63, 3.8) is 0 Å². The van der Waals surface area contributed by atoms with Crippen molar-refractivity contribution in [1.29, 1.82) is 0 Å². The largest absolute Gasteiger partial charge is 0.472 e. The van der Waals surface area contributed by atoms with E-state index in [0.29, 0.717) is 16.8 Å². The van der Waals surface area contributed by atoms with Crippen molar-refractivity contribution in [2.75, 3.05) is 6.61 Å². The van der Waals surface area contributed by atoms with Gasteiger partial charge in [0.1, 0.15) is 24.6 Å². The standard InChI is InChI=1S/C12H12N5O6P/c18-8-9-6(3-21-24(19,20)23-9)22-12(8)17-5-14-7-10-13-1-2-16(10)4-15-11(7)17/h1-2,4-6,8-9,12,18H,3H2,(H,19,20)/t6-,8-,9-,12-/m1/s1. The zero-order valence-electron chi connectivity index (χ0n) is 12.0. The van der Waals surface area contributed by atoms with E-state index in [-0.39, 0.29) is 6.61 Å². The van der Waals surface area contributed by atoms with Crippen LogP contribution in [-0.4, -0.2) is 58.8 Å². The lowest BCUT2D eigenvalue weighted by atomic mass is 10.1. The maximum Gasteiger partial charge on any atom is 0.472 e. The molecule has 126 valence electrons. The van der Waals surface area contributed by atoms with E-state index in [1.807, 2.05) is 0 Å². The number of rotatable bonds is 1. The summed E-state index contributed by atoms with van der Waals surface area (Å²) in [6.07, 6.45) is 2.79. The highest BCUT2D eigenvalue weighted by Crippen LogP contribution is 2.52. The average Bonchev–Trinajstić information content (AvgIpc) is 3.23. The van der Waals surface area contributed by atoms with Gasteiger partial charge in [0.15, 0.2) is 23.0 Å². The third-order valence-electron chi connectivity index (χ3n) is 4.19. The van der Waals surface area contributed by atoms with E-state index in [9.17, 15) is 14.6 Å². The minimum absolute atomic E-state index is 0.142. The van der Waals surface area contributed by atoms with Gasteiger partial charge in [-0.25, -0.2) is 19.5 Å². The van der Waals surface area contributed by atoms with Gasteiger partial charge in [0, 0.05) is 12.4 Å². The Bertz CT molecular complexity index is 987. The molecule has 2 aliphatic heterocycles. The van der Waals surface area contributed by atoms with E-state index in [0.717, 1.165) is 0 Å². The van der Waals surface area contributed by atoms with Crippen LogP contribution in [0.25, 0.3) is 16.8 Å². The number of nitrogens with zero attached hydrogens (tertiary/aromatic N) is 5. The van der Waals surface area contributed by atoms with E-state index in [2.05, 4.69) is 15.0 Å². The molecule has 3 aromatic heterocycles. The van der Waals surface area contributed by atoms with E-state index in [4.69, 9.17) is 13.8 Å². The lowest BCUT2D eigenvalue weighted by Crippen LogP contribution is -2.39. The van der Waals surface area contributed by atoms with Crippen LogP contribution in [0.15, 0.2) is 25.0 Å². The van der Waals surface area contributed by atoms with E-state index in [1.165, 1.54) is 6.33 Å². The molecule has 3 aromatic rings. The molecular formula is C12H12N5O6P. The fourth-order valence-corrected chi connectivity index (χ4v) is 4.06. The molecule has 1 unspecified atom stereocenters. The molecule has 2 N–H and O–H groups in total. The second-order valence-corrected chi connectivity index (χ2v) is 7.02. The lowest BCUT2D eigenvalue weighted by Gasteiger charge is -2.27. The quantitative estimate of drug-likeness (QED) is 0.573. The van der Waals surface area contributed by atoms with Gasteiger partial charge >= 0.3 is 7.82 Å². The van der Waals surface area contributed by atoms with Crippen molar-refractivity contribution in [1.82, 2.24) is 23.9 Å². The number of aliphatic hydroxyl groups excluding tert-OH is 1. The summed E-state index contributed by atoms with van der Waals surface area (Å²) < 4.78 is 30.2. The number of hydrogen-bond donors (Lipinski definition) is 2. The van der Waals surface area contributed by atoms with Crippen LogP contribution in [0.2, 0.25) is 0 Å². The number of aromatic nitrogens is 5. The number of phosphoric ester groups is 1. The van der Waals surface area contributed by atoms with Crippen molar-refractivity contribution in [3.8, 4) is 0 Å². The van der Waals surface area contributed by atoms with Gasteiger partial charge in [-0.1, -0.05) is 0 Å². The molecule has 2 aliphatic rings. The molecule has 0 radical (unpaired) electrons. The number of fused-ring (bicyclic) bond motifs is 4. The molecule has 24 heavy (non-hydrogen) atoms. The third kappa shape index (κ3) is 1.97. The van der Waals surface area contributed by atoms with Gasteiger partial charge in [-0.05, 0) is 0 Å². The summed E-state index contributed by atoms with van der Waals surface area (Å²) in [4.78, 5) is 22.3. The molecule has 0 amide bonds. The molecule has 0 bridgehead atoms. The van der Waals surface area contributed by atoms with Crippen LogP contribution in [0.4, 0.5) is 0 Å². The van der Waals surface area contributed by atoms with Gasteiger partial charge < -0.3 is 14.7 Å². The highest BCUT2D eigenvalue weighted by atomic mass is 31.2. The molecular weight excluding hydrogens is 341 g/mol. The number of imidazole rings is 2. The Morgan fingerprint density at radius 2 is 2.12 bits per heavy atom. The van der Waals surface area contributed by atoms with E-state index in [1.54, 1.807) is 27.7 Å². The molecule has 0 saturated carbocycles. The second kappa shape index (κ2) is 4.82. The predicted molar refractivity (Wildman–Crippen MR) is 76.8 cm³/mol. The van der Waals surface area contributed by atoms with Gasteiger partial charge in [-0.15, -0.1) is 0 Å². The van der Waals surface area contributed by atoms with Gasteiger partial charge in [0.2, 0.25) is 0 Å². The SMILES string of the molecule is O=P1(O)OC[C@H]2O[C@@H](n3cnc4c3ncn3ccnc43)[C@H](O)[C@@H]2O1. The molecule has 5 rings (SSSR count). The maximum atomic E-state index is 11.5. The van der Waals surface area contributed by atoms with Crippen LogP contribution >= 0.6 is 7.82 Å². The van der Waals surface area contributed by atoms with Crippen LogP contribution in [-0.2, 0) is 18.3 Å². The average molecular weight is 353 g/mol. The summed E-state index contributed by atoms with van der Waals surface area (Å²) in [7, 11) is -4.16. The first kappa shape index (κ1) is 14.5. The van der Waals surface area contributed by atoms with Crippen LogP contribution in [0, 0.1) is 0 Å². The summed E-state index contributed by atoms with van der Waals surface area (Å²) in [6.45, 7) is -0.142. The maximum absolute atomic E-state index is 11.5. The van der Waals surface area contributed by atoms with Crippen molar-refractivity contribution < 1.29 is 28.3 Å². The second-order valence-electron chi connectivity index (χ2n) is 5.62. The third-order valence-corrected chi connectivity index (χ3v) is 5.18. The highest BCUT2D eigenvalue weighted by molar-refractivity contribution is 7.47. The smallest absolute Gasteiger partial charge is 0.386 e. The predicted octanol–water partition coefficient (Wildman–Crippen LogP) is -0.147. The van der Waals surface area contributed by atoms with Gasteiger partial charge in [0.25, 0.3) is 0 Å². The minimum atomic E-state index is -4.16. The number of ether oxygens (including phenoxy) is 1. The van der Waals surface area contributed by atoms with Crippen LogP contribution in [0.1, 0.15) is 6.23 Å². The Hall–Kier alpha value is -1.88. The molecule has 5 atom stereocenters. The Balaban J connectivity index is 1.57. The summed E-state index contributed by atoms with van der Waals surface area (Å²) in [5.74, 6) is 0. The zero-order chi connectivity index (χ0) is 16.5. The van der Waals surface area contributed by atoms with Crippen molar-refractivity contribution in [2.24, 2.45) is 0 Å². The monoisotopic (exact) mass is 353 g/mol. The first-order valence-corrected chi connectivity index (χ1v) is 8.66. The Labute approximate surface area is 134 Å². The molecule has 0 aliphatic carbocycles. The Morgan fingerprint density at radius 3 is 3.00 bits per heavy atom. The Kier molecular flexibility index (Phi) is 2.90. The first-order chi connectivity index (χ1) is 11.5. The van der Waals surface area contributed by atoms with Crippen molar-refractivity contribution >= 4 is 24.6 Å². The number of hydrogen-bond acceptors (Lipinski definition) is 8. The van der Waals surface area contributed by atoms with Crippen LogP contribution in [0.3, 0.4) is 0 Å². The van der Waals surface area contributed by atoms with Crippen molar-refractivity contribution in [2.45, 2.75) is 24.5 Å². The molecule has 0 spiro atoms. The normalized spacial score (nSPS) is 36.4. The van der Waals surface area contributed by atoms with E-state index < -0.39 is 32.4 Å². The Morgan fingerprint density at radius 1 is 1.25 bits per heavy atom. The molecule has 12 heteroatoms. The number of aliphatic hydroxyl groups is 1. The summed E-state index contributed by atoms with van der Waals surface area (Å²) in [6, 6.07) is 0. The van der Waals surface area contributed by atoms with Crippen LogP contribution in [0.5, 0.6) is 0 Å². The summed E-state index contributed by atoms with van der Waals surface area (Å²) in [5.41, 5.74) is 1.66. The molecule has 2 saturated heterocycles. The minimum Gasteiger partial charge on any atom is -0.386 e. The fourth-order valence-electron chi connectivity index (χ4n) is 3.10. The van der Waals surface area contributed by atoms with Gasteiger partial charge in [-0.2, -0.15) is 0 Å². The van der Waals surface area contributed by atoms with Crippen LogP contribution < -0.4 is 0 Å². The first-order valence-electron chi connectivity index (χ1n) is 7.17.